The molecule has 1 rings (SSSR count). The third-order valence-corrected chi connectivity index (χ3v) is 4.74. The zero-order chi connectivity index (χ0) is 24.0. The minimum absolute atomic E-state index is 0.0808. The molecule has 0 spiro atoms. The Kier molecular flexibility index (Phi) is 9.35. The number of benzene rings is 1. The minimum atomic E-state index is -0.856. The van der Waals surface area contributed by atoms with E-state index >= 15 is 0 Å². The summed E-state index contributed by atoms with van der Waals surface area (Å²) in [6.45, 7) is 12.7. The van der Waals surface area contributed by atoms with E-state index in [0.29, 0.717) is 10.0 Å². The predicted molar refractivity (Wildman–Crippen MR) is 121 cm³/mol. The van der Waals surface area contributed by atoms with Gasteiger partial charge in [0.1, 0.15) is 17.9 Å². The molecular weight excluding hydrogens is 468 g/mol. The Morgan fingerprint density at radius 1 is 1.13 bits per heavy atom. The lowest BCUT2D eigenvalue weighted by Crippen LogP contribution is -2.41. The van der Waals surface area contributed by atoms with Gasteiger partial charge in [-0.15, -0.1) is 0 Å². The van der Waals surface area contributed by atoms with Crippen molar-refractivity contribution in [3.63, 3.8) is 0 Å². The van der Waals surface area contributed by atoms with Gasteiger partial charge in [-0.2, -0.15) is 0 Å². The SMILES string of the molecule is CCOC(=O)C[C@H](NC(=O)CNC(=O)OC(C)(C)C)c1cc(C(C)(C)C)cc(Br)c1O. The van der Waals surface area contributed by atoms with Crippen molar-refractivity contribution in [2.24, 2.45) is 0 Å². The highest BCUT2D eigenvalue weighted by molar-refractivity contribution is 9.10. The van der Waals surface area contributed by atoms with Crippen molar-refractivity contribution in [3.8, 4) is 5.75 Å². The summed E-state index contributed by atoms with van der Waals surface area (Å²) in [5.74, 6) is -1.15. The van der Waals surface area contributed by atoms with Gasteiger partial charge in [0.15, 0.2) is 0 Å². The van der Waals surface area contributed by atoms with Crippen molar-refractivity contribution < 1.29 is 29.0 Å². The lowest BCUT2D eigenvalue weighted by Gasteiger charge is -2.25. The topological polar surface area (TPSA) is 114 Å². The first kappa shape index (κ1) is 26.7. The molecule has 1 atom stereocenters. The van der Waals surface area contributed by atoms with Crippen LogP contribution in [0.25, 0.3) is 0 Å². The van der Waals surface area contributed by atoms with Gasteiger partial charge < -0.3 is 25.2 Å². The van der Waals surface area contributed by atoms with Gasteiger partial charge in [-0.05, 0) is 66.7 Å². The second-order valence-corrected chi connectivity index (χ2v) is 9.98. The van der Waals surface area contributed by atoms with E-state index < -0.39 is 29.6 Å². The van der Waals surface area contributed by atoms with Crippen molar-refractivity contribution in [2.75, 3.05) is 13.2 Å². The fourth-order valence-electron chi connectivity index (χ4n) is 2.66. The maximum atomic E-state index is 12.5. The number of hydrogen-bond acceptors (Lipinski definition) is 6. The van der Waals surface area contributed by atoms with Gasteiger partial charge in [-0.1, -0.05) is 20.8 Å². The van der Waals surface area contributed by atoms with E-state index in [1.807, 2.05) is 20.8 Å². The summed E-state index contributed by atoms with van der Waals surface area (Å²) >= 11 is 3.35. The molecular formula is C22H33BrN2O6. The molecule has 0 fully saturated rings. The van der Waals surface area contributed by atoms with Crippen LogP contribution in [0.3, 0.4) is 0 Å². The van der Waals surface area contributed by atoms with Crippen LogP contribution in [0.1, 0.15) is 72.1 Å². The zero-order valence-corrected chi connectivity index (χ0v) is 20.8. The van der Waals surface area contributed by atoms with Crippen LogP contribution in [0, 0.1) is 0 Å². The number of carbonyl (C=O) groups is 3. The number of phenols is 1. The molecule has 0 radical (unpaired) electrons. The van der Waals surface area contributed by atoms with Gasteiger partial charge in [-0.3, -0.25) is 9.59 Å². The highest BCUT2D eigenvalue weighted by atomic mass is 79.9. The normalized spacial score (nSPS) is 12.6. The second kappa shape index (κ2) is 10.8. The predicted octanol–water partition coefficient (Wildman–Crippen LogP) is 4.09. The largest absolute Gasteiger partial charge is 0.506 e. The maximum absolute atomic E-state index is 12.5. The summed E-state index contributed by atoms with van der Waals surface area (Å²) in [4.78, 5) is 36.4. The van der Waals surface area contributed by atoms with Crippen LogP contribution in [0.5, 0.6) is 5.75 Å². The van der Waals surface area contributed by atoms with Crippen LogP contribution in [-0.4, -0.2) is 41.8 Å². The van der Waals surface area contributed by atoms with E-state index in [-0.39, 0.29) is 30.7 Å². The summed E-state index contributed by atoms with van der Waals surface area (Å²) in [6, 6.07) is 2.70. The highest BCUT2D eigenvalue weighted by Crippen LogP contribution is 2.38. The molecule has 1 aromatic carbocycles. The molecule has 1 aromatic rings. The number of alkyl carbamates (subject to hydrolysis) is 1. The molecule has 0 aliphatic carbocycles. The van der Waals surface area contributed by atoms with Crippen molar-refractivity contribution in [3.05, 3.63) is 27.7 Å². The molecule has 0 aromatic heterocycles. The van der Waals surface area contributed by atoms with Gasteiger partial charge in [0.2, 0.25) is 5.91 Å². The Hall–Kier alpha value is -2.29. The zero-order valence-electron chi connectivity index (χ0n) is 19.2. The molecule has 0 saturated carbocycles. The summed E-state index contributed by atoms with van der Waals surface area (Å²) in [5.41, 5.74) is 0.348. The van der Waals surface area contributed by atoms with Crippen LogP contribution in [0.2, 0.25) is 0 Å². The smallest absolute Gasteiger partial charge is 0.408 e. The first-order valence-electron chi connectivity index (χ1n) is 10.1. The number of halogens is 1. The first-order chi connectivity index (χ1) is 14.1. The average molecular weight is 501 g/mol. The van der Waals surface area contributed by atoms with E-state index in [1.165, 1.54) is 0 Å². The molecule has 0 bridgehead atoms. The molecule has 31 heavy (non-hydrogen) atoms. The number of carbonyl (C=O) groups excluding carboxylic acids is 3. The third kappa shape index (κ3) is 9.16. The average Bonchev–Trinajstić information content (AvgIpc) is 2.59. The molecule has 174 valence electrons. The van der Waals surface area contributed by atoms with Crippen molar-refractivity contribution in [1.82, 2.24) is 10.6 Å². The minimum Gasteiger partial charge on any atom is -0.506 e. The van der Waals surface area contributed by atoms with Crippen LogP contribution in [-0.2, 0) is 24.5 Å². The Labute approximate surface area is 192 Å². The van der Waals surface area contributed by atoms with Crippen molar-refractivity contribution >= 4 is 33.9 Å². The Morgan fingerprint density at radius 2 is 1.74 bits per heavy atom. The summed E-state index contributed by atoms with van der Waals surface area (Å²) < 4.78 is 10.6. The molecule has 0 aliphatic rings. The molecule has 3 N–H and O–H groups in total. The van der Waals surface area contributed by atoms with Gasteiger partial charge in [0.05, 0.1) is 23.5 Å². The van der Waals surface area contributed by atoms with Crippen LogP contribution < -0.4 is 10.6 Å². The van der Waals surface area contributed by atoms with Crippen LogP contribution >= 0.6 is 15.9 Å². The van der Waals surface area contributed by atoms with Crippen LogP contribution in [0.4, 0.5) is 4.79 Å². The number of rotatable bonds is 7. The van der Waals surface area contributed by atoms with Crippen LogP contribution in [0.15, 0.2) is 16.6 Å². The fraction of sp³-hybridized carbons (Fsp3) is 0.591. The standard InChI is InChI=1S/C22H33BrN2O6/c1-8-30-18(27)11-16(25-17(26)12-24-20(29)31-22(5,6)7)14-9-13(21(2,3)4)10-15(23)19(14)28/h9-10,16,28H,8,11-12H2,1-7H3,(H,24,29)(H,25,26)/t16-/m0/s1. The van der Waals surface area contributed by atoms with E-state index in [9.17, 15) is 19.5 Å². The van der Waals surface area contributed by atoms with Gasteiger partial charge in [0, 0.05) is 5.56 Å². The summed E-state index contributed by atoms with van der Waals surface area (Å²) in [5, 5.41) is 15.7. The fourth-order valence-corrected chi connectivity index (χ4v) is 3.13. The Morgan fingerprint density at radius 3 is 2.26 bits per heavy atom. The highest BCUT2D eigenvalue weighted by Gasteiger charge is 2.26. The molecule has 8 nitrogen and oxygen atoms in total. The van der Waals surface area contributed by atoms with Crippen molar-refractivity contribution in [1.29, 1.82) is 0 Å². The molecule has 2 amide bonds. The molecule has 9 heteroatoms. The van der Waals surface area contributed by atoms with E-state index in [1.54, 1.807) is 39.8 Å². The number of phenolic OH excluding ortho intramolecular Hbond substituents is 1. The maximum Gasteiger partial charge on any atom is 0.408 e. The Bertz CT molecular complexity index is 811. The van der Waals surface area contributed by atoms with Gasteiger partial charge >= 0.3 is 12.1 Å². The quantitative estimate of drug-likeness (QED) is 0.485. The summed E-state index contributed by atoms with van der Waals surface area (Å²) in [7, 11) is 0. The van der Waals surface area contributed by atoms with E-state index in [2.05, 4.69) is 26.6 Å². The number of nitrogens with one attached hydrogen (secondary N) is 2. The second-order valence-electron chi connectivity index (χ2n) is 9.13. The third-order valence-electron chi connectivity index (χ3n) is 4.14. The molecule has 0 heterocycles. The first-order valence-corrected chi connectivity index (χ1v) is 10.9. The lowest BCUT2D eigenvalue weighted by molar-refractivity contribution is -0.143. The Balaban J connectivity index is 3.11. The van der Waals surface area contributed by atoms with E-state index in [0.717, 1.165) is 5.56 Å². The van der Waals surface area contributed by atoms with Gasteiger partial charge in [0.25, 0.3) is 0 Å². The van der Waals surface area contributed by atoms with Gasteiger partial charge in [-0.25, -0.2) is 4.79 Å². The molecule has 0 aliphatic heterocycles. The monoisotopic (exact) mass is 500 g/mol. The molecule has 0 saturated heterocycles. The summed E-state index contributed by atoms with van der Waals surface area (Å²) in [6.07, 6.45) is -0.912. The number of esters is 1. The number of amides is 2. The number of hydrogen-bond donors (Lipinski definition) is 3. The van der Waals surface area contributed by atoms with E-state index in [4.69, 9.17) is 9.47 Å². The number of aromatic hydroxyl groups is 1. The van der Waals surface area contributed by atoms with Crippen molar-refractivity contribution in [2.45, 2.75) is 71.9 Å². The molecule has 0 unspecified atom stereocenters. The lowest BCUT2D eigenvalue weighted by atomic mass is 9.85. The number of ether oxygens (including phenoxy) is 2.